The average Bonchev–Trinajstić information content (AvgIpc) is 2.43. The predicted molar refractivity (Wildman–Crippen MR) is 61.2 cm³/mol. The number of nitrogens with zero attached hydrogens (tertiary/aromatic N) is 1. The Morgan fingerprint density at radius 3 is 3.12 bits per heavy atom. The molecule has 0 aromatic rings. The summed E-state index contributed by atoms with van der Waals surface area (Å²) in [5.41, 5.74) is 0. The number of methoxy groups -OCH3 is 1. The SMILES string of the molecule is COCC(O)CN(C)C1CCCNC(=O)C1. The number of carbonyl (C=O) groups excluding carboxylic acids is 1. The van der Waals surface area contributed by atoms with Gasteiger partial charge in [-0.15, -0.1) is 0 Å². The first-order valence-corrected chi connectivity index (χ1v) is 5.77. The van der Waals surface area contributed by atoms with Crippen molar-refractivity contribution >= 4 is 5.91 Å². The lowest BCUT2D eigenvalue weighted by Crippen LogP contribution is -2.40. The second-order valence-corrected chi connectivity index (χ2v) is 4.40. The van der Waals surface area contributed by atoms with Crippen LogP contribution in [0.3, 0.4) is 0 Å². The monoisotopic (exact) mass is 230 g/mol. The van der Waals surface area contributed by atoms with E-state index < -0.39 is 6.10 Å². The van der Waals surface area contributed by atoms with E-state index in [1.54, 1.807) is 7.11 Å². The fourth-order valence-corrected chi connectivity index (χ4v) is 2.06. The van der Waals surface area contributed by atoms with Crippen molar-refractivity contribution in [2.45, 2.75) is 31.4 Å². The Labute approximate surface area is 96.8 Å². The number of rotatable bonds is 5. The molecule has 1 amide bonds. The molecule has 1 saturated heterocycles. The van der Waals surface area contributed by atoms with Crippen LogP contribution in [0, 0.1) is 0 Å². The second kappa shape index (κ2) is 6.83. The van der Waals surface area contributed by atoms with Gasteiger partial charge in [0.15, 0.2) is 0 Å². The van der Waals surface area contributed by atoms with Crippen LogP contribution in [0.1, 0.15) is 19.3 Å². The van der Waals surface area contributed by atoms with Crippen LogP contribution in [-0.2, 0) is 9.53 Å². The lowest BCUT2D eigenvalue weighted by atomic mass is 10.1. The molecular weight excluding hydrogens is 208 g/mol. The van der Waals surface area contributed by atoms with Gasteiger partial charge in [0.1, 0.15) is 0 Å². The van der Waals surface area contributed by atoms with E-state index in [1.807, 2.05) is 7.05 Å². The number of amides is 1. The largest absolute Gasteiger partial charge is 0.389 e. The molecule has 94 valence electrons. The number of ether oxygens (including phenoxy) is 1. The fraction of sp³-hybridized carbons (Fsp3) is 0.909. The van der Waals surface area contributed by atoms with Crippen LogP contribution in [0.25, 0.3) is 0 Å². The molecule has 0 aromatic heterocycles. The highest BCUT2D eigenvalue weighted by Crippen LogP contribution is 2.12. The average molecular weight is 230 g/mol. The van der Waals surface area contributed by atoms with Crippen molar-refractivity contribution in [2.75, 3.05) is 33.9 Å². The normalized spacial score (nSPS) is 24.0. The van der Waals surface area contributed by atoms with Gasteiger partial charge in [-0.25, -0.2) is 0 Å². The number of nitrogens with one attached hydrogen (secondary N) is 1. The molecule has 0 bridgehead atoms. The first-order valence-electron chi connectivity index (χ1n) is 5.77. The van der Waals surface area contributed by atoms with Crippen molar-refractivity contribution in [3.8, 4) is 0 Å². The smallest absolute Gasteiger partial charge is 0.221 e. The number of aliphatic hydroxyl groups is 1. The summed E-state index contributed by atoms with van der Waals surface area (Å²) in [5.74, 6) is 0.107. The van der Waals surface area contributed by atoms with Crippen molar-refractivity contribution < 1.29 is 14.6 Å². The Balaban J connectivity index is 2.38. The summed E-state index contributed by atoms with van der Waals surface area (Å²) in [6, 6.07) is 0.231. The summed E-state index contributed by atoms with van der Waals surface area (Å²) in [5, 5.41) is 12.5. The van der Waals surface area contributed by atoms with Gasteiger partial charge in [0.25, 0.3) is 0 Å². The zero-order valence-corrected chi connectivity index (χ0v) is 10.1. The molecule has 1 aliphatic rings. The summed E-state index contributed by atoms with van der Waals surface area (Å²) in [6.45, 7) is 1.65. The topological polar surface area (TPSA) is 61.8 Å². The summed E-state index contributed by atoms with van der Waals surface area (Å²) in [7, 11) is 3.52. The highest BCUT2D eigenvalue weighted by Gasteiger charge is 2.22. The second-order valence-electron chi connectivity index (χ2n) is 4.40. The third-order valence-electron chi connectivity index (χ3n) is 2.94. The molecule has 1 heterocycles. The van der Waals surface area contributed by atoms with Crippen LogP contribution in [0.2, 0.25) is 0 Å². The van der Waals surface area contributed by atoms with Gasteiger partial charge in [0, 0.05) is 32.7 Å². The van der Waals surface area contributed by atoms with Gasteiger partial charge in [-0.3, -0.25) is 4.79 Å². The molecule has 0 radical (unpaired) electrons. The lowest BCUT2D eigenvalue weighted by Gasteiger charge is -2.28. The van der Waals surface area contributed by atoms with Gasteiger partial charge in [0.05, 0.1) is 12.7 Å². The van der Waals surface area contributed by atoms with Crippen LogP contribution < -0.4 is 5.32 Å². The molecular formula is C11H22N2O3. The number of hydrogen-bond donors (Lipinski definition) is 2. The molecule has 2 N–H and O–H groups in total. The molecule has 5 nitrogen and oxygen atoms in total. The van der Waals surface area contributed by atoms with E-state index in [0.717, 1.165) is 19.4 Å². The Hall–Kier alpha value is -0.650. The van der Waals surface area contributed by atoms with Gasteiger partial charge in [-0.2, -0.15) is 0 Å². The third-order valence-corrected chi connectivity index (χ3v) is 2.94. The number of aliphatic hydroxyl groups excluding tert-OH is 1. The molecule has 2 unspecified atom stereocenters. The minimum Gasteiger partial charge on any atom is -0.389 e. The third kappa shape index (κ3) is 4.47. The summed E-state index contributed by atoms with van der Waals surface area (Å²) in [4.78, 5) is 13.4. The number of hydrogen-bond acceptors (Lipinski definition) is 4. The van der Waals surface area contributed by atoms with E-state index in [-0.39, 0.29) is 11.9 Å². The summed E-state index contributed by atoms with van der Waals surface area (Å²) in [6.07, 6.45) is 2.04. The Morgan fingerprint density at radius 1 is 1.69 bits per heavy atom. The molecule has 1 fully saturated rings. The van der Waals surface area contributed by atoms with Crippen LogP contribution >= 0.6 is 0 Å². The molecule has 2 atom stereocenters. The zero-order valence-electron chi connectivity index (χ0n) is 10.1. The minimum atomic E-state index is -0.485. The lowest BCUT2D eigenvalue weighted by molar-refractivity contribution is -0.121. The van der Waals surface area contributed by atoms with Crippen molar-refractivity contribution in [3.05, 3.63) is 0 Å². The summed E-state index contributed by atoms with van der Waals surface area (Å²) >= 11 is 0. The highest BCUT2D eigenvalue weighted by atomic mass is 16.5. The van der Waals surface area contributed by atoms with Crippen molar-refractivity contribution in [1.82, 2.24) is 10.2 Å². The molecule has 1 aliphatic heterocycles. The number of likely N-dealkylation sites (N-methyl/N-ethyl adjacent to an activating group) is 1. The minimum absolute atomic E-state index is 0.107. The van der Waals surface area contributed by atoms with Gasteiger partial charge in [0.2, 0.25) is 5.91 Å². The van der Waals surface area contributed by atoms with E-state index in [1.165, 1.54) is 0 Å². The van der Waals surface area contributed by atoms with Gasteiger partial charge < -0.3 is 20.1 Å². The standard InChI is InChI=1S/C11H22N2O3/c1-13(7-10(14)8-16-2)9-4-3-5-12-11(15)6-9/h9-10,14H,3-8H2,1-2H3,(H,12,15). The maximum absolute atomic E-state index is 11.4. The molecule has 0 spiro atoms. The van der Waals surface area contributed by atoms with Gasteiger partial charge in [-0.05, 0) is 19.9 Å². The van der Waals surface area contributed by atoms with Crippen molar-refractivity contribution in [1.29, 1.82) is 0 Å². The van der Waals surface area contributed by atoms with Crippen LogP contribution in [0.4, 0.5) is 0 Å². The maximum Gasteiger partial charge on any atom is 0.221 e. The van der Waals surface area contributed by atoms with Crippen molar-refractivity contribution in [3.63, 3.8) is 0 Å². The quantitative estimate of drug-likeness (QED) is 0.674. The molecule has 5 heteroatoms. The predicted octanol–water partition coefficient (Wildman–Crippen LogP) is -0.406. The Morgan fingerprint density at radius 2 is 2.44 bits per heavy atom. The van der Waals surface area contributed by atoms with E-state index in [0.29, 0.717) is 19.6 Å². The van der Waals surface area contributed by atoms with Gasteiger partial charge >= 0.3 is 0 Å². The van der Waals surface area contributed by atoms with E-state index in [2.05, 4.69) is 10.2 Å². The van der Waals surface area contributed by atoms with E-state index in [4.69, 9.17) is 4.74 Å². The molecule has 16 heavy (non-hydrogen) atoms. The highest BCUT2D eigenvalue weighted by molar-refractivity contribution is 5.76. The van der Waals surface area contributed by atoms with Gasteiger partial charge in [-0.1, -0.05) is 0 Å². The molecule has 1 rings (SSSR count). The van der Waals surface area contributed by atoms with Crippen molar-refractivity contribution in [2.24, 2.45) is 0 Å². The maximum atomic E-state index is 11.4. The molecule has 0 aliphatic carbocycles. The summed E-state index contributed by atoms with van der Waals surface area (Å²) < 4.78 is 4.88. The molecule has 0 saturated carbocycles. The van der Waals surface area contributed by atoms with E-state index in [9.17, 15) is 9.90 Å². The van der Waals surface area contributed by atoms with E-state index >= 15 is 0 Å². The zero-order chi connectivity index (χ0) is 12.0. The Bertz CT molecular complexity index is 223. The fourth-order valence-electron chi connectivity index (χ4n) is 2.06. The van der Waals surface area contributed by atoms with Crippen LogP contribution in [0.15, 0.2) is 0 Å². The Kier molecular flexibility index (Phi) is 5.73. The van der Waals surface area contributed by atoms with Crippen LogP contribution in [0.5, 0.6) is 0 Å². The molecule has 0 aromatic carbocycles. The first kappa shape index (κ1) is 13.4. The van der Waals surface area contributed by atoms with Crippen LogP contribution in [-0.4, -0.2) is 61.9 Å². The number of carbonyl (C=O) groups is 1. The first-order chi connectivity index (χ1) is 7.63.